The number of H-pyrrole nitrogens is 1. The molecule has 1 saturated heterocycles. The minimum Gasteiger partial charge on any atom is -0.314 e. The first kappa shape index (κ1) is 7.76. The summed E-state index contributed by atoms with van der Waals surface area (Å²) >= 11 is 0. The lowest BCUT2D eigenvalue weighted by molar-refractivity contribution is 0.338. The molecule has 4 heteroatoms. The lowest BCUT2D eigenvalue weighted by Crippen LogP contribution is -2.55. The predicted molar refractivity (Wildman–Crippen MR) is 46.8 cm³/mol. The molecule has 3 N–H and O–H groups in total. The Labute approximate surface area is 71.7 Å². The third-order valence-corrected chi connectivity index (χ3v) is 2.29. The van der Waals surface area contributed by atoms with E-state index >= 15 is 0 Å². The van der Waals surface area contributed by atoms with E-state index in [0.717, 1.165) is 13.1 Å². The molecule has 12 heavy (non-hydrogen) atoms. The van der Waals surface area contributed by atoms with Gasteiger partial charge in [-0.25, -0.2) is 0 Å². The summed E-state index contributed by atoms with van der Waals surface area (Å²) < 4.78 is 0. The van der Waals surface area contributed by atoms with Crippen molar-refractivity contribution in [1.29, 1.82) is 0 Å². The fraction of sp³-hybridized carbons (Fsp3) is 0.625. The van der Waals surface area contributed by atoms with Crippen LogP contribution in [0.3, 0.4) is 0 Å². The standard InChI is InChI=1S/C8H14N4/c1-6(7-2-10-11-3-7)12-8-4-9-5-8/h2-3,6,8-9,12H,4-5H2,1H3,(H,10,11). The first-order chi connectivity index (χ1) is 5.86. The SMILES string of the molecule is CC(NC1CNC1)c1cn[nH]c1. The van der Waals surface area contributed by atoms with Gasteiger partial charge in [0.15, 0.2) is 0 Å². The molecule has 1 aliphatic heterocycles. The molecule has 1 unspecified atom stereocenters. The van der Waals surface area contributed by atoms with Crippen LogP contribution < -0.4 is 10.6 Å². The Morgan fingerprint density at radius 1 is 1.67 bits per heavy atom. The molecule has 1 atom stereocenters. The van der Waals surface area contributed by atoms with Crippen LogP contribution >= 0.6 is 0 Å². The molecule has 1 aliphatic rings. The van der Waals surface area contributed by atoms with Crippen LogP contribution in [0.4, 0.5) is 0 Å². The number of nitrogens with one attached hydrogen (secondary N) is 3. The molecular formula is C8H14N4. The largest absolute Gasteiger partial charge is 0.314 e. The molecule has 66 valence electrons. The summed E-state index contributed by atoms with van der Waals surface area (Å²) in [6.45, 7) is 4.33. The second-order valence-corrected chi connectivity index (χ2v) is 3.28. The smallest absolute Gasteiger partial charge is 0.0534 e. The van der Waals surface area contributed by atoms with Crippen molar-refractivity contribution < 1.29 is 0 Å². The molecule has 1 aromatic heterocycles. The summed E-state index contributed by atoms with van der Waals surface area (Å²) in [4.78, 5) is 0. The first-order valence-electron chi connectivity index (χ1n) is 4.31. The Morgan fingerprint density at radius 3 is 3.00 bits per heavy atom. The van der Waals surface area contributed by atoms with Crippen molar-refractivity contribution in [3.05, 3.63) is 18.0 Å². The molecule has 4 nitrogen and oxygen atoms in total. The van der Waals surface area contributed by atoms with Crippen LogP contribution in [0.15, 0.2) is 12.4 Å². The summed E-state index contributed by atoms with van der Waals surface area (Å²) in [5, 5.41) is 13.5. The van der Waals surface area contributed by atoms with E-state index < -0.39 is 0 Å². The molecule has 0 spiro atoms. The van der Waals surface area contributed by atoms with E-state index in [9.17, 15) is 0 Å². The van der Waals surface area contributed by atoms with Crippen molar-refractivity contribution in [3.8, 4) is 0 Å². The number of aromatic nitrogens is 2. The Bertz CT molecular complexity index is 227. The van der Waals surface area contributed by atoms with Crippen LogP contribution in [0.2, 0.25) is 0 Å². The summed E-state index contributed by atoms with van der Waals surface area (Å²) in [6.07, 6.45) is 3.80. The minimum absolute atomic E-state index is 0.399. The molecule has 0 radical (unpaired) electrons. The van der Waals surface area contributed by atoms with Gasteiger partial charge in [-0.15, -0.1) is 0 Å². The van der Waals surface area contributed by atoms with Gasteiger partial charge in [0, 0.05) is 36.9 Å². The van der Waals surface area contributed by atoms with Gasteiger partial charge in [-0.05, 0) is 6.92 Å². The van der Waals surface area contributed by atoms with E-state index in [1.807, 2.05) is 12.4 Å². The topological polar surface area (TPSA) is 52.7 Å². The lowest BCUT2D eigenvalue weighted by Gasteiger charge is -2.30. The van der Waals surface area contributed by atoms with Gasteiger partial charge >= 0.3 is 0 Å². The average molecular weight is 166 g/mol. The molecular weight excluding hydrogens is 152 g/mol. The van der Waals surface area contributed by atoms with Gasteiger partial charge in [-0.1, -0.05) is 0 Å². The van der Waals surface area contributed by atoms with E-state index in [1.165, 1.54) is 5.56 Å². The maximum atomic E-state index is 3.91. The fourth-order valence-corrected chi connectivity index (χ4v) is 1.35. The van der Waals surface area contributed by atoms with E-state index in [1.54, 1.807) is 0 Å². The monoisotopic (exact) mass is 166 g/mol. The first-order valence-corrected chi connectivity index (χ1v) is 4.31. The van der Waals surface area contributed by atoms with Gasteiger partial charge in [0.2, 0.25) is 0 Å². The van der Waals surface area contributed by atoms with Crippen LogP contribution in [0.25, 0.3) is 0 Å². The highest BCUT2D eigenvalue weighted by Crippen LogP contribution is 2.10. The minimum atomic E-state index is 0.399. The van der Waals surface area contributed by atoms with E-state index in [4.69, 9.17) is 0 Å². The van der Waals surface area contributed by atoms with Gasteiger partial charge in [0.25, 0.3) is 0 Å². The van der Waals surface area contributed by atoms with E-state index in [-0.39, 0.29) is 0 Å². The van der Waals surface area contributed by atoms with Gasteiger partial charge < -0.3 is 10.6 Å². The quantitative estimate of drug-likeness (QED) is 0.594. The van der Waals surface area contributed by atoms with Crippen molar-refractivity contribution in [2.45, 2.75) is 19.0 Å². The van der Waals surface area contributed by atoms with Crippen LogP contribution in [0, 0.1) is 0 Å². The Kier molecular flexibility index (Phi) is 2.10. The average Bonchev–Trinajstić information content (AvgIpc) is 2.47. The summed E-state index contributed by atoms with van der Waals surface area (Å²) in [5.41, 5.74) is 1.22. The normalized spacial score (nSPS) is 20.4. The van der Waals surface area contributed by atoms with Crippen molar-refractivity contribution in [3.63, 3.8) is 0 Å². The van der Waals surface area contributed by atoms with E-state index in [2.05, 4.69) is 27.8 Å². The van der Waals surface area contributed by atoms with Crippen LogP contribution in [0.1, 0.15) is 18.5 Å². The number of hydrogen-bond acceptors (Lipinski definition) is 3. The van der Waals surface area contributed by atoms with E-state index in [0.29, 0.717) is 12.1 Å². The van der Waals surface area contributed by atoms with Gasteiger partial charge in [0.1, 0.15) is 0 Å². The van der Waals surface area contributed by atoms with Gasteiger partial charge in [0.05, 0.1) is 6.20 Å². The predicted octanol–water partition coefficient (Wildman–Crippen LogP) is 0.0321. The highest BCUT2D eigenvalue weighted by Gasteiger charge is 2.19. The maximum Gasteiger partial charge on any atom is 0.0534 e. The molecule has 0 amide bonds. The highest BCUT2D eigenvalue weighted by atomic mass is 15.1. The van der Waals surface area contributed by atoms with Crippen molar-refractivity contribution in [1.82, 2.24) is 20.8 Å². The fourth-order valence-electron chi connectivity index (χ4n) is 1.35. The molecule has 0 aliphatic carbocycles. The highest BCUT2D eigenvalue weighted by molar-refractivity contribution is 5.08. The second-order valence-electron chi connectivity index (χ2n) is 3.28. The zero-order valence-electron chi connectivity index (χ0n) is 7.17. The Hall–Kier alpha value is -0.870. The summed E-state index contributed by atoms with van der Waals surface area (Å²) in [5.74, 6) is 0. The molecule has 2 rings (SSSR count). The molecule has 0 aromatic carbocycles. The lowest BCUT2D eigenvalue weighted by atomic mass is 10.1. The maximum absolute atomic E-state index is 3.91. The van der Waals surface area contributed by atoms with Gasteiger partial charge in [-0.2, -0.15) is 5.10 Å². The third-order valence-electron chi connectivity index (χ3n) is 2.29. The number of rotatable bonds is 3. The van der Waals surface area contributed by atoms with Gasteiger partial charge in [-0.3, -0.25) is 5.10 Å². The number of nitrogens with zero attached hydrogens (tertiary/aromatic N) is 1. The summed E-state index contributed by atoms with van der Waals surface area (Å²) in [6, 6.07) is 1.03. The molecule has 1 aromatic rings. The van der Waals surface area contributed by atoms with Crippen molar-refractivity contribution in [2.24, 2.45) is 0 Å². The molecule has 0 bridgehead atoms. The number of hydrogen-bond donors (Lipinski definition) is 3. The zero-order chi connectivity index (χ0) is 8.39. The summed E-state index contributed by atoms with van der Waals surface area (Å²) in [7, 11) is 0. The molecule has 2 heterocycles. The van der Waals surface area contributed by atoms with Crippen molar-refractivity contribution >= 4 is 0 Å². The molecule has 0 saturated carbocycles. The van der Waals surface area contributed by atoms with Crippen LogP contribution in [-0.2, 0) is 0 Å². The number of aromatic amines is 1. The third kappa shape index (κ3) is 1.49. The van der Waals surface area contributed by atoms with Crippen LogP contribution in [0.5, 0.6) is 0 Å². The van der Waals surface area contributed by atoms with Crippen LogP contribution in [-0.4, -0.2) is 29.3 Å². The zero-order valence-corrected chi connectivity index (χ0v) is 7.17. The van der Waals surface area contributed by atoms with Crippen molar-refractivity contribution in [2.75, 3.05) is 13.1 Å². The molecule has 1 fully saturated rings. The Balaban J connectivity index is 1.87. The Morgan fingerprint density at radius 2 is 2.50 bits per heavy atom. The second kappa shape index (κ2) is 3.25.